The molecule has 1 heterocycles. The van der Waals surface area contributed by atoms with Crippen LogP contribution in [0.15, 0.2) is 17.4 Å². The van der Waals surface area contributed by atoms with Crippen LogP contribution in [0.1, 0.15) is 13.8 Å². The Kier molecular flexibility index (Phi) is 3.76. The zero-order chi connectivity index (χ0) is 11.6. The Bertz CT molecular complexity index is 294. The Hall–Kier alpha value is -0.575. The highest BCUT2D eigenvalue weighted by Crippen LogP contribution is 2.30. The lowest BCUT2D eigenvalue weighted by molar-refractivity contribution is -0.0285. The van der Waals surface area contributed by atoms with Crippen molar-refractivity contribution in [3.8, 4) is 0 Å². The summed E-state index contributed by atoms with van der Waals surface area (Å²) in [5, 5.41) is 28.6. The summed E-state index contributed by atoms with van der Waals surface area (Å²) in [6, 6.07) is -1.06. The van der Waals surface area contributed by atoms with E-state index in [1.807, 2.05) is 0 Å². The van der Waals surface area contributed by atoms with Crippen molar-refractivity contribution in [3.05, 3.63) is 17.4 Å². The van der Waals surface area contributed by atoms with Crippen LogP contribution >= 0.6 is 0 Å². The van der Waals surface area contributed by atoms with Gasteiger partial charge in [0.15, 0.2) is 0 Å². The van der Waals surface area contributed by atoms with Crippen LogP contribution in [0.3, 0.4) is 0 Å². The second kappa shape index (κ2) is 4.52. The molecular formula is C10H15BO4. The number of hydrogen-bond acceptors (Lipinski definition) is 4. The fourth-order valence-corrected chi connectivity index (χ4v) is 1.41. The van der Waals surface area contributed by atoms with Gasteiger partial charge in [-0.2, -0.15) is 0 Å². The van der Waals surface area contributed by atoms with Crippen LogP contribution in [0, 0.1) is 0 Å². The molecule has 4 atom stereocenters. The first-order valence-corrected chi connectivity index (χ1v) is 4.75. The summed E-state index contributed by atoms with van der Waals surface area (Å²) in [6.45, 7) is 3.22. The first-order chi connectivity index (χ1) is 6.91. The summed E-state index contributed by atoms with van der Waals surface area (Å²) in [4.78, 5) is 0. The quantitative estimate of drug-likeness (QED) is 0.407. The summed E-state index contributed by atoms with van der Waals surface area (Å²) in [6.07, 6.45) is -0.822. The number of aliphatic hydroxyl groups excluding tert-OH is 2. The molecule has 1 rings (SSSR count). The minimum absolute atomic E-state index is 0.389. The molecule has 0 aromatic rings. The minimum Gasteiger partial charge on any atom is -0.394 e. The highest BCUT2D eigenvalue weighted by Gasteiger charge is 2.50. The normalized spacial score (nSPS) is 39.9. The number of rotatable bonds is 2. The van der Waals surface area contributed by atoms with Crippen molar-refractivity contribution < 1.29 is 20.1 Å². The lowest BCUT2D eigenvalue weighted by Gasteiger charge is -2.25. The molecule has 2 radical (unpaired) electrons. The lowest BCUT2D eigenvalue weighted by Crippen LogP contribution is -2.47. The molecule has 0 amide bonds. The maximum Gasteiger partial charge on any atom is 0.136 e. The van der Waals surface area contributed by atoms with Crippen LogP contribution in [0.5, 0.6) is 0 Å². The highest BCUT2D eigenvalue weighted by atomic mass is 16.6. The first kappa shape index (κ1) is 12.5. The van der Waals surface area contributed by atoms with Crippen molar-refractivity contribution in [2.45, 2.75) is 37.7 Å². The molecule has 82 valence electrons. The fraction of sp³-hybridized carbons (Fsp3) is 0.700. The molecular weight excluding hydrogens is 195 g/mol. The molecule has 5 heteroatoms. The molecule has 3 N–H and O–H groups in total. The van der Waals surface area contributed by atoms with Gasteiger partial charge in [0.1, 0.15) is 25.7 Å². The molecule has 4 unspecified atom stereocenters. The predicted molar refractivity (Wildman–Crippen MR) is 55.4 cm³/mol. The molecule has 0 saturated carbocycles. The summed E-state index contributed by atoms with van der Waals surface area (Å²) >= 11 is 0. The molecule has 0 aliphatic carbocycles. The lowest BCUT2D eigenvalue weighted by atomic mass is 9.80. The number of ether oxygens (including phenoxy) is 1. The van der Waals surface area contributed by atoms with Gasteiger partial charge in [-0.3, -0.25) is 0 Å². The molecule has 0 aromatic heterocycles. The SMILES string of the molecule is [B]C1OC(CO)C(O)C1(O)C=C=C(C)C. The average molecular weight is 210 g/mol. The number of hydrogen-bond donors (Lipinski definition) is 3. The van der Waals surface area contributed by atoms with E-state index in [1.54, 1.807) is 13.8 Å². The molecule has 1 saturated heterocycles. The van der Waals surface area contributed by atoms with Crippen LogP contribution in [0.2, 0.25) is 0 Å². The van der Waals surface area contributed by atoms with Crippen LogP contribution in [0.25, 0.3) is 0 Å². The van der Waals surface area contributed by atoms with Crippen molar-refractivity contribution in [1.82, 2.24) is 0 Å². The van der Waals surface area contributed by atoms with Gasteiger partial charge in [-0.1, -0.05) is 0 Å². The third-order valence-corrected chi connectivity index (χ3v) is 2.38. The zero-order valence-electron chi connectivity index (χ0n) is 8.84. The van der Waals surface area contributed by atoms with Crippen molar-refractivity contribution in [1.29, 1.82) is 0 Å². The summed E-state index contributed by atoms with van der Waals surface area (Å²) in [5.41, 5.74) is 1.93. The van der Waals surface area contributed by atoms with E-state index in [0.717, 1.165) is 5.57 Å². The molecule has 1 aliphatic rings. The van der Waals surface area contributed by atoms with E-state index in [2.05, 4.69) is 5.73 Å². The summed E-state index contributed by atoms with van der Waals surface area (Å²) in [5.74, 6) is 0. The molecule has 4 nitrogen and oxygen atoms in total. The molecule has 0 bridgehead atoms. The molecule has 1 fully saturated rings. The first-order valence-electron chi connectivity index (χ1n) is 4.75. The van der Waals surface area contributed by atoms with Gasteiger partial charge in [0, 0.05) is 0 Å². The monoisotopic (exact) mass is 210 g/mol. The van der Waals surface area contributed by atoms with Gasteiger partial charge in [-0.15, -0.1) is 5.73 Å². The van der Waals surface area contributed by atoms with Crippen LogP contribution in [-0.4, -0.2) is 53.6 Å². The average Bonchev–Trinajstić information content (AvgIpc) is 2.40. The molecule has 1 aliphatic heterocycles. The van der Waals surface area contributed by atoms with E-state index >= 15 is 0 Å². The van der Waals surface area contributed by atoms with E-state index in [1.165, 1.54) is 6.08 Å². The van der Waals surface area contributed by atoms with Crippen molar-refractivity contribution in [2.24, 2.45) is 0 Å². The smallest absolute Gasteiger partial charge is 0.136 e. The Labute approximate surface area is 90.3 Å². The van der Waals surface area contributed by atoms with Gasteiger partial charge in [0.2, 0.25) is 0 Å². The zero-order valence-corrected chi connectivity index (χ0v) is 8.84. The third-order valence-electron chi connectivity index (χ3n) is 2.38. The Morgan fingerprint density at radius 3 is 2.60 bits per heavy atom. The Morgan fingerprint density at radius 2 is 2.20 bits per heavy atom. The second-order valence-corrected chi connectivity index (χ2v) is 3.90. The Morgan fingerprint density at radius 1 is 1.60 bits per heavy atom. The van der Waals surface area contributed by atoms with Gasteiger partial charge in [-0.05, 0) is 25.5 Å². The number of aliphatic hydroxyl groups is 3. The standard InChI is InChI=1S/C10H15BO4/c1-6(2)3-4-10(14)8(13)7(5-12)15-9(10)11/h4,7-9,12-14H,5H2,1-2H3. The van der Waals surface area contributed by atoms with E-state index in [4.69, 9.17) is 17.7 Å². The van der Waals surface area contributed by atoms with Crippen LogP contribution in [0.4, 0.5) is 0 Å². The van der Waals surface area contributed by atoms with Crippen molar-refractivity contribution >= 4 is 7.85 Å². The third kappa shape index (κ3) is 2.33. The van der Waals surface area contributed by atoms with E-state index in [0.29, 0.717) is 0 Å². The molecule has 0 aromatic carbocycles. The van der Waals surface area contributed by atoms with Gasteiger partial charge in [0.05, 0.1) is 12.6 Å². The highest BCUT2D eigenvalue weighted by molar-refractivity contribution is 6.12. The van der Waals surface area contributed by atoms with Crippen LogP contribution in [-0.2, 0) is 4.74 Å². The maximum absolute atomic E-state index is 10.0. The molecule has 15 heavy (non-hydrogen) atoms. The summed E-state index contributed by atoms with van der Waals surface area (Å²) in [7, 11) is 5.53. The topological polar surface area (TPSA) is 69.9 Å². The minimum atomic E-state index is -1.69. The maximum atomic E-state index is 10.0. The van der Waals surface area contributed by atoms with Gasteiger partial charge < -0.3 is 20.1 Å². The van der Waals surface area contributed by atoms with Gasteiger partial charge in [0.25, 0.3) is 0 Å². The molecule has 0 spiro atoms. The van der Waals surface area contributed by atoms with Crippen LogP contribution < -0.4 is 0 Å². The van der Waals surface area contributed by atoms with Gasteiger partial charge >= 0.3 is 0 Å². The predicted octanol–water partition coefficient (Wildman–Crippen LogP) is -0.915. The van der Waals surface area contributed by atoms with Gasteiger partial charge in [-0.25, -0.2) is 0 Å². The fourth-order valence-electron chi connectivity index (χ4n) is 1.41. The largest absolute Gasteiger partial charge is 0.394 e. The second-order valence-electron chi connectivity index (χ2n) is 3.90. The van der Waals surface area contributed by atoms with Crippen molar-refractivity contribution in [2.75, 3.05) is 6.61 Å². The van der Waals surface area contributed by atoms with E-state index in [-0.39, 0.29) is 6.61 Å². The Balaban J connectivity index is 2.97. The van der Waals surface area contributed by atoms with Crippen molar-refractivity contribution in [3.63, 3.8) is 0 Å². The van der Waals surface area contributed by atoms with E-state index < -0.39 is 23.8 Å². The van der Waals surface area contributed by atoms with E-state index in [9.17, 15) is 10.2 Å². The summed E-state index contributed by atoms with van der Waals surface area (Å²) < 4.78 is 5.02.